The van der Waals surface area contributed by atoms with E-state index in [4.69, 9.17) is 43.4 Å². The van der Waals surface area contributed by atoms with Crippen LogP contribution in [0.2, 0.25) is 0 Å². The number of aliphatic carboxylic acids is 4. The van der Waals surface area contributed by atoms with Gasteiger partial charge in [0, 0.05) is 36.7 Å². The smallest absolute Gasteiger partial charge is 0.321 e. The summed E-state index contributed by atoms with van der Waals surface area (Å²) in [4.78, 5) is 40.4. The van der Waals surface area contributed by atoms with Gasteiger partial charge >= 0.3 is 23.9 Å². The summed E-state index contributed by atoms with van der Waals surface area (Å²) < 4.78 is 0. The summed E-state index contributed by atoms with van der Waals surface area (Å²) in [7, 11) is 2.41. The van der Waals surface area contributed by atoms with E-state index in [1.54, 1.807) is 11.8 Å². The summed E-state index contributed by atoms with van der Waals surface area (Å²) in [6.07, 6.45) is 2.48. The van der Waals surface area contributed by atoms with Gasteiger partial charge in [0.15, 0.2) is 0 Å². The fourth-order valence-electron chi connectivity index (χ4n) is 0.832. The van der Waals surface area contributed by atoms with E-state index in [-0.39, 0.29) is 36.7 Å². The molecule has 0 bridgehead atoms. The van der Waals surface area contributed by atoms with Gasteiger partial charge in [-0.1, -0.05) is 21.6 Å². The zero-order valence-corrected chi connectivity index (χ0v) is 23.3. The molecule has 0 fully saturated rings. The van der Waals surface area contributed by atoms with Crippen molar-refractivity contribution in [1.29, 1.82) is 0 Å². The zero-order chi connectivity index (χ0) is 24.3. The molecule has 12 nitrogen and oxygen atoms in total. The van der Waals surface area contributed by atoms with Crippen molar-refractivity contribution in [2.75, 3.05) is 29.3 Å². The molecule has 0 aromatic rings. The molecule has 0 rings (SSSR count). The van der Waals surface area contributed by atoms with Crippen LogP contribution in [-0.4, -0.2) is 97.7 Å². The van der Waals surface area contributed by atoms with Crippen LogP contribution < -0.4 is 22.9 Å². The number of hydrogen-bond acceptors (Lipinski definition) is 12. The maximum atomic E-state index is 10.3. The first-order valence-electron chi connectivity index (χ1n) is 8.09. The number of carbonyl (C=O) groups is 4. The Balaban J connectivity index is -0.000000186. The summed E-state index contributed by atoms with van der Waals surface area (Å²) in [5.74, 6) is -2.60. The molecule has 0 aromatic carbocycles. The van der Waals surface area contributed by atoms with E-state index >= 15 is 0 Å². The average Bonchev–Trinajstić information content (AvgIpc) is 2.68. The van der Waals surface area contributed by atoms with Crippen molar-refractivity contribution in [3.05, 3.63) is 0 Å². The Morgan fingerprint density at radius 3 is 1.26 bits per heavy atom. The van der Waals surface area contributed by atoms with Crippen LogP contribution in [0.15, 0.2) is 0 Å². The van der Waals surface area contributed by atoms with Crippen LogP contribution in [-0.2, 0) is 38.7 Å². The summed E-state index contributed by atoms with van der Waals surface area (Å²) in [5, 5.41) is 33.1. The number of rotatable bonds is 13. The Hall–Kier alpha value is -0.257. The molecule has 0 radical (unpaired) electrons. The standard InChI is InChI=1S/C6H12N2O4S2.C5H11NO2S.C3H7NO2S.Zn/c7-3(5(9)10)1-13-14-2-4(8)6(11)12;1-9-3-2-4(6)5(7)8;4-2(1-7)3(5)6;/h3-4H,1-2,7-8H2,(H,9,10)(H,11,12);4H,2-3,6H2,1H3,(H,7,8);2,7H,1,4H2,(H,5,6);/t3-,4-;4-;2-;/m000./s1. The number of nitrogens with two attached hydrogens (primary N) is 4. The Bertz CT molecular complexity index is 503. The summed E-state index contributed by atoms with van der Waals surface area (Å²) in [6.45, 7) is 0. The molecule has 0 saturated heterocycles. The second-order valence-corrected chi connectivity index (χ2v) is 9.22. The number of thiol groups is 1. The minimum absolute atomic E-state index is 0. The Kier molecular flexibility index (Phi) is 29.9. The minimum Gasteiger partial charge on any atom is -0.480 e. The van der Waals surface area contributed by atoms with Crippen molar-refractivity contribution >= 4 is 69.9 Å². The van der Waals surface area contributed by atoms with E-state index in [0.29, 0.717) is 6.42 Å². The monoisotopic (exact) mass is 574 g/mol. The number of carboxylic acids is 4. The molecular formula is C14H30N4O8S4Zn. The van der Waals surface area contributed by atoms with Gasteiger partial charge in [-0.15, -0.1) is 0 Å². The minimum atomic E-state index is -1.07. The first-order valence-corrected chi connectivity index (χ1v) is 12.6. The molecule has 0 aliphatic carbocycles. The molecule has 0 aliphatic rings. The van der Waals surface area contributed by atoms with Crippen molar-refractivity contribution in [3.63, 3.8) is 0 Å². The van der Waals surface area contributed by atoms with Gasteiger partial charge in [0.05, 0.1) is 0 Å². The third-order valence-electron chi connectivity index (χ3n) is 2.68. The molecule has 180 valence electrons. The summed E-state index contributed by atoms with van der Waals surface area (Å²) >= 11 is 5.25. The second-order valence-electron chi connectivity index (χ2n) is 5.31. The van der Waals surface area contributed by atoms with Gasteiger partial charge in [0.25, 0.3) is 0 Å². The van der Waals surface area contributed by atoms with Crippen LogP contribution in [0.4, 0.5) is 0 Å². The summed E-state index contributed by atoms with van der Waals surface area (Å²) in [5.41, 5.74) is 20.6. The van der Waals surface area contributed by atoms with Crippen molar-refractivity contribution < 1.29 is 59.1 Å². The van der Waals surface area contributed by atoms with Gasteiger partial charge in [0.2, 0.25) is 0 Å². The molecule has 0 amide bonds. The molecule has 0 aliphatic heterocycles. The van der Waals surface area contributed by atoms with Crippen LogP contribution >= 0.6 is 46.0 Å². The van der Waals surface area contributed by atoms with Gasteiger partial charge < -0.3 is 43.4 Å². The van der Waals surface area contributed by atoms with E-state index in [0.717, 1.165) is 5.75 Å². The van der Waals surface area contributed by atoms with Crippen molar-refractivity contribution in [2.45, 2.75) is 30.6 Å². The molecule has 31 heavy (non-hydrogen) atoms. The van der Waals surface area contributed by atoms with Gasteiger partial charge in [-0.25, -0.2) is 0 Å². The van der Waals surface area contributed by atoms with E-state index in [9.17, 15) is 19.2 Å². The molecular weight excluding hydrogens is 546 g/mol. The fraction of sp³-hybridized carbons (Fsp3) is 0.714. The molecule has 4 atom stereocenters. The number of thioether (sulfide) groups is 1. The molecule has 0 unspecified atom stereocenters. The van der Waals surface area contributed by atoms with Crippen LogP contribution in [0, 0.1) is 0 Å². The normalized spacial score (nSPS) is 13.5. The van der Waals surface area contributed by atoms with Gasteiger partial charge in [-0.05, 0) is 18.4 Å². The Morgan fingerprint density at radius 1 is 0.742 bits per heavy atom. The second kappa shape index (κ2) is 24.4. The molecule has 0 aromatic heterocycles. The first kappa shape index (κ1) is 38.0. The van der Waals surface area contributed by atoms with E-state index in [1.807, 2.05) is 6.26 Å². The van der Waals surface area contributed by atoms with Crippen molar-refractivity contribution in [3.8, 4) is 0 Å². The Morgan fingerprint density at radius 2 is 1.06 bits per heavy atom. The fourth-order valence-corrected chi connectivity index (χ4v) is 3.71. The van der Waals surface area contributed by atoms with Crippen LogP contribution in [0.25, 0.3) is 0 Å². The predicted molar refractivity (Wildman–Crippen MR) is 124 cm³/mol. The third kappa shape index (κ3) is 27.7. The van der Waals surface area contributed by atoms with Crippen molar-refractivity contribution in [1.82, 2.24) is 0 Å². The maximum Gasteiger partial charge on any atom is 0.321 e. The van der Waals surface area contributed by atoms with Crippen LogP contribution in [0.5, 0.6) is 0 Å². The van der Waals surface area contributed by atoms with Crippen LogP contribution in [0.3, 0.4) is 0 Å². The van der Waals surface area contributed by atoms with Crippen LogP contribution in [0.1, 0.15) is 6.42 Å². The Labute approximate surface area is 210 Å². The largest absolute Gasteiger partial charge is 0.480 e. The van der Waals surface area contributed by atoms with Gasteiger partial charge in [-0.2, -0.15) is 24.4 Å². The quantitative estimate of drug-likeness (QED) is 0.0533. The van der Waals surface area contributed by atoms with Crippen molar-refractivity contribution in [2.24, 2.45) is 22.9 Å². The predicted octanol–water partition coefficient (Wildman–Crippen LogP) is -1.33. The van der Waals surface area contributed by atoms with E-state index in [1.165, 1.54) is 21.6 Å². The molecule has 17 heteroatoms. The SMILES string of the molecule is CSCC[C@H](N)C(=O)O.N[C@@H](CS)C(=O)O.N[C@@H](CSSC[C@H](N)C(=O)O)C(=O)O.[Zn]. The average molecular weight is 576 g/mol. The van der Waals surface area contributed by atoms with E-state index in [2.05, 4.69) is 12.6 Å². The number of carboxylic acid groups (broad SMARTS) is 4. The maximum absolute atomic E-state index is 10.3. The first-order chi connectivity index (χ1) is 13.8. The number of hydrogen-bond donors (Lipinski definition) is 9. The molecule has 0 spiro atoms. The van der Waals surface area contributed by atoms with Gasteiger partial charge in [0.1, 0.15) is 24.2 Å². The van der Waals surface area contributed by atoms with E-state index < -0.39 is 48.0 Å². The zero-order valence-electron chi connectivity index (χ0n) is 17.0. The summed E-state index contributed by atoms with van der Waals surface area (Å²) in [6, 6.07) is -3.34. The third-order valence-corrected chi connectivity index (χ3v) is 6.19. The molecule has 0 saturated carbocycles. The van der Waals surface area contributed by atoms with Gasteiger partial charge in [-0.3, -0.25) is 19.2 Å². The topological polar surface area (TPSA) is 253 Å². The molecule has 0 heterocycles. The molecule has 12 N–H and O–H groups in total.